The van der Waals surface area contributed by atoms with E-state index in [4.69, 9.17) is 48.5 Å². The third-order valence-corrected chi connectivity index (χ3v) is 21.0. The SMILES string of the molecule is CC(C)(Cc1ccc(-c2cccc3sc(N)nc23)c(-c2nnn(-c3nc(N)sc3-c3ccc(-c4cccc5sc(N)nc45)c(-c4nn[nH]n4)c3S(N)(=O)=O)n2)c1S(N)(=O)=O)Cn1nnc(-c2c(-c3cccc4sc(N)nc34)ccc(CCC(=O)O)c2S(N)(=O)=O)n1. The summed E-state index contributed by atoms with van der Waals surface area (Å²) in [7, 11) is -14.2. The van der Waals surface area contributed by atoms with E-state index in [9.17, 15) is 35.2 Å². The fourth-order valence-electron chi connectivity index (χ4n) is 11.1. The van der Waals surface area contributed by atoms with Crippen molar-refractivity contribution in [1.82, 2.24) is 81.0 Å². The molecule has 0 amide bonds. The second kappa shape index (κ2) is 22.3. The number of aryl methyl sites for hydroxylation is 1. The summed E-state index contributed by atoms with van der Waals surface area (Å²) in [5, 5.41) is 70.1. The molecular weight excluding hydrogens is 1310 g/mol. The van der Waals surface area contributed by atoms with E-state index in [0.717, 1.165) is 16.1 Å². The molecular formula is C53H45N23O8S7. The van der Waals surface area contributed by atoms with Crippen molar-refractivity contribution in [3.05, 3.63) is 102 Å². The number of carbonyl (C=O) groups is 1. The van der Waals surface area contributed by atoms with E-state index in [2.05, 4.69) is 61.2 Å². The molecule has 31 nitrogen and oxygen atoms in total. The minimum absolute atomic E-state index is 0.0376. The number of carboxylic acid groups (broad SMARTS) is 1. The molecule has 0 aliphatic rings. The number of fused-ring (bicyclic) bond motifs is 3. The molecule has 16 N–H and O–H groups in total. The molecule has 0 bridgehead atoms. The molecule has 38 heteroatoms. The predicted molar refractivity (Wildman–Crippen MR) is 343 cm³/mol. The number of aromatic amines is 1. The highest BCUT2D eigenvalue weighted by Crippen LogP contribution is 2.48. The van der Waals surface area contributed by atoms with Gasteiger partial charge in [0.05, 0.1) is 68.6 Å². The zero-order chi connectivity index (χ0) is 64.2. The fraction of sp³-hybridized carbons (Fsp3) is 0.132. The lowest BCUT2D eigenvalue weighted by Crippen LogP contribution is -2.26. The standard InChI is InChI=1S/C53H45N23O8S7/c1-53(2,21-75-69-46(67-73-75)35-24(27-6-3-9-31-38(27)61-49(54)85-31)15-12-22(14-19-34(77)78)42(35)89(58,79)80)20-23-13-16-25(28-7-4-10-32-39(28)62-50(55)86-32)36(43(23)90(59,81)82)47-68-74-76(70-47)48-41(88-52(57)64-48)30-18-17-26(29-8-5-11-33-40(29)63-51(56)87-33)37(44(30)91(60,83)84)45-65-71-72-66-45/h3-13,15-18H,14,19-21H2,1-2H3,(H2,54,61)(H2,55,62)(H2,56,63)(H2,57,64)(H,77,78)(H2,58,79,80)(H2,59,81,82)(H2,60,83,84)(H,65,66,71,72). The average molecular weight is 1360 g/mol. The molecule has 0 saturated heterocycles. The largest absolute Gasteiger partial charge is 0.481 e. The molecule has 0 spiro atoms. The lowest BCUT2D eigenvalue weighted by Gasteiger charge is -2.26. The third kappa shape index (κ3) is 11.2. The molecule has 0 aliphatic carbocycles. The van der Waals surface area contributed by atoms with E-state index >= 15 is 0 Å². The van der Waals surface area contributed by atoms with Gasteiger partial charge in [0, 0.05) is 28.7 Å². The number of hydrogen-bond donors (Lipinski definition) is 9. The zero-order valence-corrected chi connectivity index (χ0v) is 52.6. The van der Waals surface area contributed by atoms with Crippen molar-refractivity contribution in [3.8, 4) is 83.8 Å². The van der Waals surface area contributed by atoms with Crippen LogP contribution in [0.25, 0.3) is 114 Å². The molecule has 0 unspecified atom stereocenters. The van der Waals surface area contributed by atoms with Crippen LogP contribution >= 0.6 is 45.3 Å². The Kier molecular flexibility index (Phi) is 14.8. The van der Waals surface area contributed by atoms with Crippen LogP contribution < -0.4 is 38.4 Å². The number of nitrogens with zero attached hydrogens (tertiary/aromatic N) is 15. The lowest BCUT2D eigenvalue weighted by molar-refractivity contribution is -0.137. The van der Waals surface area contributed by atoms with Crippen molar-refractivity contribution in [3.63, 3.8) is 0 Å². The van der Waals surface area contributed by atoms with E-state index in [1.807, 2.05) is 6.07 Å². The second-order valence-corrected chi connectivity index (χ2v) is 30.0. The normalized spacial score (nSPS) is 12.5. The number of aromatic nitrogens is 16. The number of anilines is 4. The fourth-order valence-corrected chi connectivity index (χ4v) is 17.3. The average Bonchev–Trinajstić information content (AvgIpc) is 1.69. The number of aliphatic carboxylic acids is 1. The highest BCUT2D eigenvalue weighted by atomic mass is 32.2. The number of nitrogens with two attached hydrogens (primary N) is 7. The first kappa shape index (κ1) is 60.2. The van der Waals surface area contributed by atoms with E-state index in [-0.39, 0.29) is 113 Å². The summed E-state index contributed by atoms with van der Waals surface area (Å²) in [4.78, 5) is 30.9. The van der Waals surface area contributed by atoms with Crippen molar-refractivity contribution in [1.29, 1.82) is 0 Å². The number of nitrogen functional groups attached to an aromatic ring is 4. The number of tetrazole rings is 3. The highest BCUT2D eigenvalue weighted by molar-refractivity contribution is 7.90. The Morgan fingerprint density at radius 1 is 0.538 bits per heavy atom. The van der Waals surface area contributed by atoms with Crippen molar-refractivity contribution < 1.29 is 35.2 Å². The van der Waals surface area contributed by atoms with Gasteiger partial charge in [-0.2, -0.15) is 15.0 Å². The smallest absolute Gasteiger partial charge is 0.303 e. The number of sulfonamides is 3. The first-order valence-electron chi connectivity index (χ1n) is 26.5. The Morgan fingerprint density at radius 2 is 1.00 bits per heavy atom. The maximum absolute atomic E-state index is 14.5. The van der Waals surface area contributed by atoms with Crippen LogP contribution in [0.4, 0.5) is 20.5 Å². The molecule has 0 radical (unpaired) electrons. The minimum Gasteiger partial charge on any atom is -0.481 e. The maximum atomic E-state index is 14.5. The summed E-state index contributed by atoms with van der Waals surface area (Å²) >= 11 is 4.50. The molecule has 13 rings (SSSR count). The van der Waals surface area contributed by atoms with Gasteiger partial charge in [-0.15, -0.1) is 35.4 Å². The molecule has 7 heterocycles. The van der Waals surface area contributed by atoms with E-state index in [0.29, 0.717) is 52.9 Å². The summed E-state index contributed by atoms with van der Waals surface area (Å²) < 4.78 is 86.9. The van der Waals surface area contributed by atoms with Crippen molar-refractivity contribution >= 4 is 133 Å². The molecule has 462 valence electrons. The first-order valence-corrected chi connectivity index (χ1v) is 34.4. The van der Waals surface area contributed by atoms with Gasteiger partial charge in [0.25, 0.3) is 0 Å². The van der Waals surface area contributed by atoms with Crippen molar-refractivity contribution in [2.24, 2.45) is 20.8 Å². The van der Waals surface area contributed by atoms with Gasteiger partial charge in [0.1, 0.15) is 4.90 Å². The van der Waals surface area contributed by atoms with Gasteiger partial charge >= 0.3 is 5.97 Å². The Bertz CT molecular complexity index is 5500. The van der Waals surface area contributed by atoms with Crippen LogP contribution in [-0.2, 0) is 54.3 Å². The van der Waals surface area contributed by atoms with E-state index in [1.54, 1.807) is 86.6 Å². The van der Waals surface area contributed by atoms with Crippen LogP contribution in [-0.4, -0.2) is 117 Å². The first-order chi connectivity index (χ1) is 43.2. The van der Waals surface area contributed by atoms with Gasteiger partial charge in [0.2, 0.25) is 47.5 Å². The molecule has 0 atom stereocenters. The van der Waals surface area contributed by atoms with Crippen LogP contribution in [0, 0.1) is 5.41 Å². The van der Waals surface area contributed by atoms with Gasteiger partial charge in [0.15, 0.2) is 26.3 Å². The van der Waals surface area contributed by atoms with Crippen LogP contribution in [0.5, 0.6) is 0 Å². The monoisotopic (exact) mass is 1360 g/mol. The molecule has 0 saturated carbocycles. The van der Waals surface area contributed by atoms with Gasteiger partial charge in [-0.25, -0.2) is 55.6 Å². The summed E-state index contributed by atoms with van der Waals surface area (Å²) in [6.45, 7) is 3.49. The number of primary sulfonamides is 3. The molecule has 6 aromatic carbocycles. The number of hydrogen-bond acceptors (Lipinski definition) is 28. The van der Waals surface area contributed by atoms with Gasteiger partial charge in [-0.3, -0.25) is 4.79 Å². The third-order valence-electron chi connectivity index (χ3n) is 14.5. The van der Waals surface area contributed by atoms with Crippen molar-refractivity contribution in [2.75, 3.05) is 22.9 Å². The number of nitrogens with one attached hydrogen (secondary N) is 1. The summed E-state index contributed by atoms with van der Waals surface area (Å²) in [5.41, 5.74) is 27.4. The number of carboxylic acids is 1. The highest BCUT2D eigenvalue weighted by Gasteiger charge is 2.36. The van der Waals surface area contributed by atoms with Gasteiger partial charge in [-0.05, 0) is 79.9 Å². The van der Waals surface area contributed by atoms with E-state index < -0.39 is 62.6 Å². The quantitative estimate of drug-likeness (QED) is 0.0499. The molecule has 91 heavy (non-hydrogen) atoms. The Morgan fingerprint density at radius 3 is 1.51 bits per heavy atom. The predicted octanol–water partition coefficient (Wildman–Crippen LogP) is 5.67. The van der Waals surface area contributed by atoms with Crippen LogP contribution in [0.3, 0.4) is 0 Å². The van der Waals surface area contributed by atoms with Crippen molar-refractivity contribution in [2.45, 2.75) is 54.3 Å². The van der Waals surface area contributed by atoms with Gasteiger partial charge in [-0.1, -0.05) is 132 Å². The number of benzene rings is 6. The van der Waals surface area contributed by atoms with Crippen LogP contribution in [0.2, 0.25) is 0 Å². The number of thiazole rings is 4. The summed E-state index contributed by atoms with van der Waals surface area (Å²) in [6.07, 6.45) is -0.735. The maximum Gasteiger partial charge on any atom is 0.303 e. The number of para-hydroxylation sites is 3. The Hall–Kier alpha value is -9.77. The summed E-state index contributed by atoms with van der Waals surface area (Å²) in [6, 6.07) is 25.2. The number of rotatable bonds is 18. The number of H-pyrrole nitrogens is 1. The summed E-state index contributed by atoms with van der Waals surface area (Å²) in [5.74, 6) is -1.98. The molecule has 7 aromatic heterocycles. The molecule has 0 fully saturated rings. The Balaban J connectivity index is 0.935. The second-order valence-electron chi connectivity index (χ2n) is 21.3. The topological polar surface area (TPSA) is 515 Å². The van der Waals surface area contributed by atoms with Crippen LogP contribution in [0.15, 0.2) is 106 Å². The molecule has 0 aliphatic heterocycles. The lowest BCUT2D eigenvalue weighted by atomic mass is 9.84. The van der Waals surface area contributed by atoms with E-state index in [1.165, 1.54) is 50.9 Å². The molecule has 13 aromatic rings. The van der Waals surface area contributed by atoms with Crippen LogP contribution in [0.1, 0.15) is 31.4 Å². The zero-order valence-electron chi connectivity index (χ0n) is 46.9. The van der Waals surface area contributed by atoms with Gasteiger partial charge < -0.3 is 28.0 Å². The minimum atomic E-state index is -4.81. The Labute approximate surface area is 529 Å².